The smallest absolute Gasteiger partial charge is 0.313 e. The summed E-state index contributed by atoms with van der Waals surface area (Å²) in [5.41, 5.74) is -0.655. The van der Waals surface area contributed by atoms with Gasteiger partial charge in [-0.25, -0.2) is 4.98 Å². The van der Waals surface area contributed by atoms with Crippen LogP contribution in [0.3, 0.4) is 0 Å². The zero-order valence-electron chi connectivity index (χ0n) is 14.4. The van der Waals surface area contributed by atoms with Crippen LogP contribution in [0.25, 0.3) is 0 Å². The minimum Gasteiger partial charge on any atom is -0.481 e. The van der Waals surface area contributed by atoms with E-state index in [-0.39, 0.29) is 19.1 Å². The zero-order valence-corrected chi connectivity index (χ0v) is 14.4. The fourth-order valence-corrected chi connectivity index (χ4v) is 3.04. The second kappa shape index (κ2) is 7.53. The molecule has 1 unspecified atom stereocenters. The first-order valence-corrected chi connectivity index (χ1v) is 8.25. The van der Waals surface area contributed by atoms with Crippen molar-refractivity contribution >= 4 is 11.9 Å². The summed E-state index contributed by atoms with van der Waals surface area (Å²) in [5, 5.41) is 9.49. The van der Waals surface area contributed by atoms with E-state index in [9.17, 15) is 14.7 Å². The molecule has 1 atom stereocenters. The van der Waals surface area contributed by atoms with E-state index < -0.39 is 11.4 Å². The molecule has 1 aromatic carbocycles. The predicted octanol–water partition coefficient (Wildman–Crippen LogP) is 2.44. The Morgan fingerprint density at radius 2 is 2.00 bits per heavy atom. The molecule has 1 aromatic heterocycles. The maximum absolute atomic E-state index is 12.6. The van der Waals surface area contributed by atoms with E-state index in [4.69, 9.17) is 9.47 Å². The van der Waals surface area contributed by atoms with Gasteiger partial charge in [0.25, 0.3) is 5.91 Å². The number of likely N-dealkylation sites (tertiary alicyclic amines) is 1. The number of ether oxygens (including phenoxy) is 2. The van der Waals surface area contributed by atoms with Gasteiger partial charge in [0.1, 0.15) is 11.2 Å². The van der Waals surface area contributed by atoms with E-state index in [0.29, 0.717) is 30.2 Å². The summed E-state index contributed by atoms with van der Waals surface area (Å²) >= 11 is 0. The number of para-hydroxylation sites is 1. The molecule has 7 nitrogen and oxygen atoms in total. The molecule has 0 bridgehead atoms. The number of carboxylic acids is 1. The van der Waals surface area contributed by atoms with Crippen molar-refractivity contribution in [3.05, 3.63) is 54.2 Å². The number of carbonyl (C=O) groups is 2. The highest BCUT2D eigenvalue weighted by Gasteiger charge is 2.46. The predicted molar refractivity (Wildman–Crippen MR) is 93.2 cm³/mol. The number of aliphatic carboxylic acids is 1. The van der Waals surface area contributed by atoms with Gasteiger partial charge in [0.05, 0.1) is 12.2 Å². The third-order valence-electron chi connectivity index (χ3n) is 4.46. The Bertz CT molecular complexity index is 778. The molecule has 0 radical (unpaired) electrons. The summed E-state index contributed by atoms with van der Waals surface area (Å²) in [6, 6.07) is 12.5. The summed E-state index contributed by atoms with van der Waals surface area (Å²) in [7, 11) is 1.46. The van der Waals surface area contributed by atoms with Crippen LogP contribution in [0.5, 0.6) is 11.6 Å². The number of pyridine rings is 1. The molecule has 1 aliphatic heterocycles. The Hall–Kier alpha value is -2.93. The van der Waals surface area contributed by atoms with Gasteiger partial charge in [-0.1, -0.05) is 18.2 Å². The molecule has 1 aliphatic rings. The third-order valence-corrected chi connectivity index (χ3v) is 4.46. The molecular formula is C19H20N2O5. The van der Waals surface area contributed by atoms with Crippen molar-refractivity contribution in [3.8, 4) is 11.6 Å². The Morgan fingerprint density at radius 1 is 1.23 bits per heavy atom. The lowest BCUT2D eigenvalue weighted by Gasteiger charge is -2.23. The van der Waals surface area contributed by atoms with Gasteiger partial charge >= 0.3 is 5.97 Å². The van der Waals surface area contributed by atoms with Crippen LogP contribution in [-0.2, 0) is 9.53 Å². The van der Waals surface area contributed by atoms with Gasteiger partial charge < -0.3 is 19.5 Å². The van der Waals surface area contributed by atoms with Crippen LogP contribution >= 0.6 is 0 Å². The van der Waals surface area contributed by atoms with Gasteiger partial charge in [0, 0.05) is 32.5 Å². The first kappa shape index (κ1) is 17.9. The first-order valence-electron chi connectivity index (χ1n) is 8.25. The molecule has 1 N–H and O–H groups in total. The topological polar surface area (TPSA) is 89.0 Å². The fourth-order valence-electron chi connectivity index (χ4n) is 3.04. The number of carbonyl (C=O) groups excluding carboxylic acids is 1. The molecule has 136 valence electrons. The maximum atomic E-state index is 12.6. The number of methoxy groups -OCH3 is 1. The molecule has 0 saturated carbocycles. The van der Waals surface area contributed by atoms with Gasteiger partial charge in [-0.2, -0.15) is 0 Å². The lowest BCUT2D eigenvalue weighted by Crippen LogP contribution is -2.40. The highest BCUT2D eigenvalue weighted by molar-refractivity contribution is 5.94. The Balaban J connectivity index is 1.68. The number of hydrogen-bond donors (Lipinski definition) is 1. The zero-order chi connectivity index (χ0) is 18.6. The van der Waals surface area contributed by atoms with Gasteiger partial charge in [-0.15, -0.1) is 0 Å². The number of rotatable bonds is 6. The highest BCUT2D eigenvalue weighted by Crippen LogP contribution is 2.32. The normalized spacial score (nSPS) is 19.3. The van der Waals surface area contributed by atoms with Crippen LogP contribution in [-0.4, -0.2) is 53.7 Å². The summed E-state index contributed by atoms with van der Waals surface area (Å²) in [6.07, 6.45) is 1.81. The van der Waals surface area contributed by atoms with E-state index in [1.165, 1.54) is 18.2 Å². The monoisotopic (exact) mass is 356 g/mol. The molecule has 1 fully saturated rings. The van der Waals surface area contributed by atoms with E-state index in [1.807, 2.05) is 30.3 Å². The molecule has 7 heteroatoms. The number of hydrogen-bond acceptors (Lipinski definition) is 5. The van der Waals surface area contributed by atoms with Gasteiger partial charge in [-0.05, 0) is 24.6 Å². The number of amides is 1. The molecule has 2 heterocycles. The number of benzene rings is 1. The Kier molecular flexibility index (Phi) is 5.18. The molecular weight excluding hydrogens is 336 g/mol. The lowest BCUT2D eigenvalue weighted by molar-refractivity contribution is -0.151. The van der Waals surface area contributed by atoms with Gasteiger partial charge in [-0.3, -0.25) is 9.59 Å². The van der Waals surface area contributed by atoms with Crippen LogP contribution in [0, 0.1) is 5.41 Å². The van der Waals surface area contributed by atoms with Crippen LogP contribution in [0.2, 0.25) is 0 Å². The van der Waals surface area contributed by atoms with Crippen molar-refractivity contribution < 1.29 is 24.2 Å². The average Bonchev–Trinajstić information content (AvgIpc) is 3.09. The maximum Gasteiger partial charge on any atom is 0.313 e. The summed E-state index contributed by atoms with van der Waals surface area (Å²) in [4.78, 5) is 29.9. The molecule has 26 heavy (non-hydrogen) atoms. The molecule has 2 aromatic rings. The molecule has 3 rings (SSSR count). The Labute approximate surface area is 151 Å². The Morgan fingerprint density at radius 3 is 2.62 bits per heavy atom. The van der Waals surface area contributed by atoms with Crippen molar-refractivity contribution in [3.63, 3.8) is 0 Å². The van der Waals surface area contributed by atoms with Crippen LogP contribution in [0.4, 0.5) is 0 Å². The van der Waals surface area contributed by atoms with E-state index >= 15 is 0 Å². The van der Waals surface area contributed by atoms with Gasteiger partial charge in [0.2, 0.25) is 5.88 Å². The number of carboxylic acid groups (broad SMARTS) is 1. The number of aromatic nitrogens is 1. The summed E-state index contributed by atoms with van der Waals surface area (Å²) < 4.78 is 10.7. The standard InChI is InChI=1S/C19H20N2O5/c1-25-13-19(18(23)24)9-10-21(12-19)17(22)14-7-8-16(20-11-14)26-15-5-3-2-4-6-15/h2-8,11H,9-10,12-13H2,1H3,(H,23,24). The van der Waals surface area contributed by atoms with Crippen molar-refractivity contribution in [1.29, 1.82) is 0 Å². The van der Waals surface area contributed by atoms with Crippen molar-refractivity contribution in [2.75, 3.05) is 26.8 Å². The highest BCUT2D eigenvalue weighted by atomic mass is 16.5. The minimum atomic E-state index is -1.05. The fraction of sp³-hybridized carbons (Fsp3) is 0.316. The van der Waals surface area contributed by atoms with E-state index in [2.05, 4.69) is 4.98 Å². The minimum absolute atomic E-state index is 0.0776. The van der Waals surface area contributed by atoms with Crippen molar-refractivity contribution in [2.24, 2.45) is 5.41 Å². The number of nitrogens with zero attached hydrogens (tertiary/aromatic N) is 2. The second-order valence-corrected chi connectivity index (χ2v) is 6.30. The quantitative estimate of drug-likeness (QED) is 0.855. The second-order valence-electron chi connectivity index (χ2n) is 6.30. The molecule has 1 amide bonds. The van der Waals surface area contributed by atoms with Crippen LogP contribution < -0.4 is 4.74 Å². The summed E-state index contributed by atoms with van der Waals surface area (Å²) in [5.74, 6) is -0.153. The van der Waals surface area contributed by atoms with Gasteiger partial charge in [0.15, 0.2) is 0 Å². The largest absolute Gasteiger partial charge is 0.481 e. The van der Waals surface area contributed by atoms with Crippen molar-refractivity contribution in [1.82, 2.24) is 9.88 Å². The summed E-state index contributed by atoms with van der Waals surface area (Å²) in [6.45, 7) is 0.572. The van der Waals surface area contributed by atoms with Crippen molar-refractivity contribution in [2.45, 2.75) is 6.42 Å². The van der Waals surface area contributed by atoms with Crippen LogP contribution in [0.1, 0.15) is 16.8 Å². The van der Waals surface area contributed by atoms with E-state index in [1.54, 1.807) is 12.1 Å². The molecule has 0 spiro atoms. The third kappa shape index (κ3) is 3.67. The van der Waals surface area contributed by atoms with Crippen LogP contribution in [0.15, 0.2) is 48.7 Å². The molecule has 0 aliphatic carbocycles. The average molecular weight is 356 g/mol. The van der Waals surface area contributed by atoms with E-state index in [0.717, 1.165) is 0 Å². The SMILES string of the molecule is COCC1(C(=O)O)CCN(C(=O)c2ccc(Oc3ccccc3)nc2)C1. The first-order chi connectivity index (χ1) is 12.5. The molecule has 1 saturated heterocycles. The lowest BCUT2D eigenvalue weighted by atomic mass is 9.88.